The van der Waals surface area contributed by atoms with E-state index < -0.39 is 24.4 Å². The highest BCUT2D eigenvalue weighted by Gasteiger charge is 2.39. The lowest BCUT2D eigenvalue weighted by Gasteiger charge is -2.20. The molecule has 0 aliphatic carbocycles. The molecule has 0 spiro atoms. The number of ether oxygens (including phenoxy) is 2. The van der Waals surface area contributed by atoms with Gasteiger partial charge in [-0.1, -0.05) is 38.3 Å². The van der Waals surface area contributed by atoms with E-state index in [1.807, 2.05) is 0 Å². The molecular weight excluding hydrogens is 296 g/mol. The van der Waals surface area contributed by atoms with E-state index in [1.54, 1.807) is 0 Å². The molecule has 5 nitrogen and oxygen atoms in total. The summed E-state index contributed by atoms with van der Waals surface area (Å²) < 4.78 is 10.6. The summed E-state index contributed by atoms with van der Waals surface area (Å²) in [6, 6.07) is 0. The Bertz CT molecular complexity index is 308. The lowest BCUT2D eigenvalue weighted by Crippen LogP contribution is -2.40. The van der Waals surface area contributed by atoms with E-state index in [4.69, 9.17) is 9.47 Å². The van der Waals surface area contributed by atoms with Gasteiger partial charge >= 0.3 is 0 Å². The average molecular weight is 330 g/mol. The van der Waals surface area contributed by atoms with E-state index in [1.165, 1.54) is 32.1 Å². The molecule has 3 N–H and O–H groups in total. The highest BCUT2D eigenvalue weighted by molar-refractivity contribution is 4.87. The van der Waals surface area contributed by atoms with E-state index in [2.05, 4.69) is 19.1 Å². The van der Waals surface area contributed by atoms with Crippen molar-refractivity contribution in [1.82, 2.24) is 0 Å². The van der Waals surface area contributed by atoms with Gasteiger partial charge in [-0.05, 0) is 32.1 Å². The summed E-state index contributed by atoms with van der Waals surface area (Å²) in [7, 11) is 0. The highest BCUT2D eigenvalue weighted by Crippen LogP contribution is 2.17. The Labute approximate surface area is 140 Å². The first kappa shape index (κ1) is 20.6. The van der Waals surface area contributed by atoms with Crippen LogP contribution in [0.4, 0.5) is 0 Å². The fourth-order valence-electron chi connectivity index (χ4n) is 2.65. The quantitative estimate of drug-likeness (QED) is 0.356. The zero-order valence-electron chi connectivity index (χ0n) is 14.4. The number of rotatable bonds is 13. The van der Waals surface area contributed by atoms with E-state index >= 15 is 0 Å². The van der Waals surface area contributed by atoms with Gasteiger partial charge in [-0.15, -0.1) is 0 Å². The van der Waals surface area contributed by atoms with Crippen molar-refractivity contribution in [1.29, 1.82) is 0 Å². The van der Waals surface area contributed by atoms with Gasteiger partial charge in [0.1, 0.15) is 24.4 Å². The van der Waals surface area contributed by atoms with Gasteiger partial charge in [-0.2, -0.15) is 0 Å². The van der Waals surface area contributed by atoms with Crippen LogP contribution in [0.1, 0.15) is 58.3 Å². The van der Waals surface area contributed by atoms with Crippen molar-refractivity contribution in [3.05, 3.63) is 12.2 Å². The number of hydrogen-bond donors (Lipinski definition) is 3. The maximum atomic E-state index is 9.87. The smallest absolute Gasteiger partial charge is 0.114 e. The van der Waals surface area contributed by atoms with Gasteiger partial charge in [0.2, 0.25) is 0 Å². The Morgan fingerprint density at radius 3 is 2.39 bits per heavy atom. The summed E-state index contributed by atoms with van der Waals surface area (Å²) >= 11 is 0. The molecule has 0 aromatic heterocycles. The lowest BCUT2D eigenvalue weighted by atomic mass is 10.1. The van der Waals surface area contributed by atoms with Crippen molar-refractivity contribution in [2.75, 3.05) is 19.8 Å². The Hall–Kier alpha value is -0.460. The minimum Gasteiger partial charge on any atom is -0.388 e. The van der Waals surface area contributed by atoms with Gasteiger partial charge in [0.25, 0.3) is 0 Å². The van der Waals surface area contributed by atoms with Gasteiger partial charge in [0.05, 0.1) is 13.2 Å². The van der Waals surface area contributed by atoms with E-state index in [0.717, 1.165) is 19.3 Å². The Morgan fingerprint density at radius 1 is 1.09 bits per heavy atom. The predicted molar refractivity (Wildman–Crippen MR) is 90.3 cm³/mol. The maximum Gasteiger partial charge on any atom is 0.114 e. The van der Waals surface area contributed by atoms with Crippen LogP contribution in [0.15, 0.2) is 12.2 Å². The van der Waals surface area contributed by atoms with Crippen molar-refractivity contribution in [3.8, 4) is 0 Å². The monoisotopic (exact) mass is 330 g/mol. The predicted octanol–water partition coefficient (Wildman–Crippen LogP) is 2.18. The van der Waals surface area contributed by atoms with Gasteiger partial charge in [-0.25, -0.2) is 0 Å². The highest BCUT2D eigenvalue weighted by atomic mass is 16.5. The van der Waals surface area contributed by atoms with Crippen molar-refractivity contribution in [2.24, 2.45) is 0 Å². The normalized spacial score (nSPS) is 26.2. The molecule has 0 aromatic carbocycles. The minimum absolute atomic E-state index is 0.0632. The fraction of sp³-hybridized carbons (Fsp3) is 0.889. The van der Waals surface area contributed by atoms with Crippen LogP contribution < -0.4 is 0 Å². The molecule has 5 heteroatoms. The molecule has 0 radical (unpaired) electrons. The summed E-state index contributed by atoms with van der Waals surface area (Å²) in [6.45, 7) is 3.01. The molecule has 0 amide bonds. The molecule has 1 fully saturated rings. The second-order valence-electron chi connectivity index (χ2n) is 6.31. The third-order valence-corrected chi connectivity index (χ3v) is 4.16. The van der Waals surface area contributed by atoms with Crippen LogP contribution >= 0.6 is 0 Å². The molecule has 136 valence electrons. The first-order chi connectivity index (χ1) is 11.2. The Kier molecular flexibility index (Phi) is 11.5. The third kappa shape index (κ3) is 8.82. The van der Waals surface area contributed by atoms with E-state index in [-0.39, 0.29) is 13.2 Å². The molecule has 0 bridgehead atoms. The van der Waals surface area contributed by atoms with Crippen LogP contribution in [0, 0.1) is 0 Å². The molecule has 1 rings (SSSR count). The van der Waals surface area contributed by atoms with Crippen molar-refractivity contribution >= 4 is 0 Å². The topological polar surface area (TPSA) is 79.2 Å². The minimum atomic E-state index is -1.03. The van der Waals surface area contributed by atoms with Gasteiger partial charge < -0.3 is 24.8 Å². The number of aliphatic hydroxyl groups excluding tert-OH is 3. The largest absolute Gasteiger partial charge is 0.388 e. The molecule has 1 aliphatic heterocycles. The molecule has 1 saturated heterocycles. The summed E-state index contributed by atoms with van der Waals surface area (Å²) in [4.78, 5) is 0. The van der Waals surface area contributed by atoms with E-state index in [9.17, 15) is 15.3 Å². The Balaban J connectivity index is 1.90. The number of unbranched alkanes of at least 4 members (excludes halogenated alkanes) is 6. The molecule has 23 heavy (non-hydrogen) atoms. The summed E-state index contributed by atoms with van der Waals surface area (Å²) in [5.41, 5.74) is 0. The molecule has 0 saturated carbocycles. The Morgan fingerprint density at radius 2 is 1.78 bits per heavy atom. The van der Waals surface area contributed by atoms with Crippen LogP contribution in [0.5, 0.6) is 0 Å². The van der Waals surface area contributed by atoms with E-state index in [0.29, 0.717) is 6.61 Å². The van der Waals surface area contributed by atoms with Gasteiger partial charge in [-0.3, -0.25) is 0 Å². The van der Waals surface area contributed by atoms with Crippen LogP contribution in [0.3, 0.4) is 0 Å². The molecule has 1 heterocycles. The first-order valence-corrected chi connectivity index (χ1v) is 9.05. The third-order valence-electron chi connectivity index (χ3n) is 4.16. The zero-order valence-corrected chi connectivity index (χ0v) is 14.4. The zero-order chi connectivity index (χ0) is 16.9. The number of allylic oxidation sites excluding steroid dienone is 2. The second-order valence-corrected chi connectivity index (χ2v) is 6.31. The maximum absolute atomic E-state index is 9.87. The van der Waals surface area contributed by atoms with Crippen LogP contribution in [0.25, 0.3) is 0 Å². The van der Waals surface area contributed by atoms with Crippen molar-refractivity contribution in [2.45, 2.75) is 82.7 Å². The molecule has 0 aromatic rings. The molecule has 4 atom stereocenters. The van der Waals surface area contributed by atoms with Crippen LogP contribution in [-0.2, 0) is 9.47 Å². The fourth-order valence-corrected chi connectivity index (χ4v) is 2.65. The average Bonchev–Trinajstić information content (AvgIpc) is 2.88. The SMILES string of the molecule is CCCCCC/C=C/CCCCOC[C@@H](O)[C@@H]1OC[C@H](O)[C@@H]1O. The molecular formula is C18H34O5. The summed E-state index contributed by atoms with van der Waals surface area (Å²) in [6.07, 6.45) is 10.4. The lowest BCUT2D eigenvalue weighted by molar-refractivity contribution is -0.0813. The number of hydrogen-bond acceptors (Lipinski definition) is 5. The van der Waals surface area contributed by atoms with Crippen molar-refractivity contribution < 1.29 is 24.8 Å². The molecule has 0 unspecified atom stereocenters. The molecule has 1 aliphatic rings. The second kappa shape index (κ2) is 12.9. The van der Waals surface area contributed by atoms with Gasteiger partial charge in [0.15, 0.2) is 0 Å². The van der Waals surface area contributed by atoms with Crippen LogP contribution in [-0.4, -0.2) is 59.6 Å². The van der Waals surface area contributed by atoms with Crippen LogP contribution in [0.2, 0.25) is 0 Å². The number of aliphatic hydroxyl groups is 3. The summed E-state index contributed by atoms with van der Waals surface area (Å²) in [5.74, 6) is 0. The first-order valence-electron chi connectivity index (χ1n) is 9.05. The standard InChI is InChI=1S/C18H34O5/c1-2-3-4-5-6-7-8-9-10-11-12-22-13-16(20)18-17(21)15(19)14-23-18/h7-8,15-21H,2-6,9-14H2,1H3/b8-7+/t15-,16+,17-,18-/m0/s1. The summed E-state index contributed by atoms with van der Waals surface area (Å²) in [5, 5.41) is 28.8. The van der Waals surface area contributed by atoms with Gasteiger partial charge in [0, 0.05) is 6.61 Å². The van der Waals surface area contributed by atoms with Crippen molar-refractivity contribution in [3.63, 3.8) is 0 Å².